The van der Waals surface area contributed by atoms with E-state index in [0.29, 0.717) is 48.1 Å². The fourth-order valence-corrected chi connectivity index (χ4v) is 4.66. The van der Waals surface area contributed by atoms with Crippen LogP contribution in [0, 0.1) is 0 Å². The molecule has 0 atom stereocenters. The van der Waals surface area contributed by atoms with Gasteiger partial charge in [0.1, 0.15) is 0 Å². The van der Waals surface area contributed by atoms with Gasteiger partial charge in [0.15, 0.2) is 4.96 Å². The normalized spacial score (nSPS) is 14.8. The molecular weight excluding hydrogens is 439 g/mol. The van der Waals surface area contributed by atoms with Gasteiger partial charge in [-0.1, -0.05) is 30.3 Å². The maximum Gasteiger partial charge on any atom is 0.416 e. The number of carbonyl (C=O) groups excluding carboxylic acids is 1. The molecule has 0 N–H and O–H groups in total. The van der Waals surface area contributed by atoms with Gasteiger partial charge in [-0.15, -0.1) is 11.3 Å². The minimum absolute atomic E-state index is 0.0665. The van der Waals surface area contributed by atoms with Crippen molar-refractivity contribution in [3.63, 3.8) is 0 Å². The van der Waals surface area contributed by atoms with Crippen molar-refractivity contribution >= 4 is 22.2 Å². The number of thiazole rings is 1. The number of rotatable bonds is 3. The monoisotopic (exact) mass is 457 g/mol. The first-order valence-corrected chi connectivity index (χ1v) is 10.9. The fourth-order valence-electron chi connectivity index (χ4n) is 3.78. The third-order valence-corrected chi connectivity index (χ3v) is 6.29. The number of hydrogen-bond acceptors (Lipinski definition) is 4. The van der Waals surface area contributed by atoms with Gasteiger partial charge in [0.05, 0.1) is 30.2 Å². The van der Waals surface area contributed by atoms with Crippen LogP contribution in [0.2, 0.25) is 0 Å². The molecule has 0 bridgehead atoms. The first kappa shape index (κ1) is 20.7. The molecule has 1 aliphatic heterocycles. The van der Waals surface area contributed by atoms with Crippen LogP contribution in [0.5, 0.6) is 0 Å². The molecule has 5 nitrogen and oxygen atoms in total. The van der Waals surface area contributed by atoms with Gasteiger partial charge in [-0.25, -0.2) is 4.98 Å². The van der Waals surface area contributed by atoms with Gasteiger partial charge >= 0.3 is 6.18 Å². The zero-order chi connectivity index (χ0) is 22.3. The lowest BCUT2D eigenvalue weighted by Crippen LogP contribution is -2.40. The molecular formula is C23H18F3N3O2S. The molecule has 164 valence electrons. The number of fused-ring (bicyclic) bond motifs is 1. The number of nitrogens with zero attached hydrogens (tertiary/aromatic N) is 3. The highest BCUT2D eigenvalue weighted by atomic mass is 32.1. The third-order valence-electron chi connectivity index (χ3n) is 5.45. The molecule has 2 aromatic heterocycles. The van der Waals surface area contributed by atoms with Gasteiger partial charge in [-0.05, 0) is 23.8 Å². The second kappa shape index (κ2) is 8.07. The summed E-state index contributed by atoms with van der Waals surface area (Å²) >= 11 is 1.39. The molecule has 32 heavy (non-hydrogen) atoms. The largest absolute Gasteiger partial charge is 0.416 e. The summed E-state index contributed by atoms with van der Waals surface area (Å²) in [6, 6.07) is 12.4. The van der Waals surface area contributed by atoms with Crippen molar-refractivity contribution in [3.8, 4) is 22.5 Å². The topological polar surface area (TPSA) is 46.8 Å². The summed E-state index contributed by atoms with van der Waals surface area (Å²) in [5, 5.41) is 1.86. The number of imidazole rings is 1. The number of hydrogen-bond donors (Lipinski definition) is 0. The zero-order valence-electron chi connectivity index (χ0n) is 16.8. The number of halogens is 3. The van der Waals surface area contributed by atoms with Crippen molar-refractivity contribution in [2.75, 3.05) is 26.3 Å². The van der Waals surface area contributed by atoms with Crippen molar-refractivity contribution in [1.82, 2.24) is 14.3 Å². The molecule has 0 unspecified atom stereocenters. The molecule has 0 radical (unpaired) electrons. The number of benzene rings is 2. The quantitative estimate of drug-likeness (QED) is 0.424. The highest BCUT2D eigenvalue weighted by molar-refractivity contribution is 7.15. The standard InChI is InChI=1S/C23H18F3N3O2S/c24-23(25,26)16-7-5-15(6-8-16)20-14-32-22-27-19(13-29(20)22)17-3-1-2-4-18(17)21(30)28-9-11-31-12-10-28/h1-8,13-14H,9-12H2. The molecule has 1 aliphatic rings. The molecule has 5 rings (SSSR count). The van der Waals surface area contributed by atoms with E-state index in [0.717, 1.165) is 23.4 Å². The van der Waals surface area contributed by atoms with E-state index in [1.54, 1.807) is 11.0 Å². The second-order valence-corrected chi connectivity index (χ2v) is 8.26. The number of carbonyl (C=O) groups is 1. The van der Waals surface area contributed by atoms with E-state index < -0.39 is 11.7 Å². The van der Waals surface area contributed by atoms with E-state index in [1.165, 1.54) is 23.5 Å². The molecule has 9 heteroatoms. The first-order valence-electron chi connectivity index (χ1n) is 10.0. The van der Waals surface area contributed by atoms with Gasteiger partial charge in [0, 0.05) is 35.8 Å². The predicted octanol–water partition coefficient (Wildman–Crippen LogP) is 5.22. The Balaban J connectivity index is 1.51. The van der Waals surface area contributed by atoms with E-state index >= 15 is 0 Å². The Morgan fingerprint density at radius 2 is 1.75 bits per heavy atom. The van der Waals surface area contributed by atoms with Crippen LogP contribution in [0.25, 0.3) is 27.5 Å². The van der Waals surface area contributed by atoms with Crippen LogP contribution in [0.15, 0.2) is 60.1 Å². The van der Waals surface area contributed by atoms with Gasteiger partial charge in [-0.2, -0.15) is 13.2 Å². The summed E-state index contributed by atoms with van der Waals surface area (Å²) < 4.78 is 45.9. The summed E-state index contributed by atoms with van der Waals surface area (Å²) in [5.74, 6) is -0.0665. The number of alkyl halides is 3. The van der Waals surface area contributed by atoms with Crippen LogP contribution < -0.4 is 0 Å². The number of aromatic nitrogens is 2. The maximum atomic E-state index is 13.1. The molecule has 0 aliphatic carbocycles. The van der Waals surface area contributed by atoms with Crippen LogP contribution in [0.1, 0.15) is 15.9 Å². The summed E-state index contributed by atoms with van der Waals surface area (Å²) in [4.78, 5) is 20.2. The third kappa shape index (κ3) is 3.78. The van der Waals surface area contributed by atoms with Gasteiger partial charge in [0.2, 0.25) is 0 Å². The van der Waals surface area contributed by atoms with Crippen LogP contribution in [0.3, 0.4) is 0 Å². The van der Waals surface area contributed by atoms with Crippen LogP contribution in [-0.2, 0) is 10.9 Å². The fraction of sp³-hybridized carbons (Fsp3) is 0.217. The number of morpholine rings is 1. The zero-order valence-corrected chi connectivity index (χ0v) is 17.6. The summed E-state index contributed by atoms with van der Waals surface area (Å²) in [6.07, 6.45) is -2.55. The van der Waals surface area contributed by atoms with Crippen molar-refractivity contribution in [1.29, 1.82) is 0 Å². The van der Waals surface area contributed by atoms with Gasteiger partial charge < -0.3 is 9.64 Å². The Morgan fingerprint density at radius 1 is 1.03 bits per heavy atom. The van der Waals surface area contributed by atoms with Crippen LogP contribution >= 0.6 is 11.3 Å². The molecule has 1 amide bonds. The van der Waals surface area contributed by atoms with Crippen molar-refractivity contribution in [2.24, 2.45) is 0 Å². The Bertz CT molecular complexity index is 1270. The Kier molecular flexibility index (Phi) is 5.22. The summed E-state index contributed by atoms with van der Waals surface area (Å²) in [5.41, 5.74) is 2.65. The summed E-state index contributed by atoms with van der Waals surface area (Å²) in [7, 11) is 0. The minimum atomic E-state index is -4.37. The number of ether oxygens (including phenoxy) is 1. The average Bonchev–Trinajstić information content (AvgIpc) is 3.40. The molecule has 1 fully saturated rings. The van der Waals surface area contributed by atoms with E-state index in [-0.39, 0.29) is 5.91 Å². The molecule has 0 spiro atoms. The molecule has 0 saturated carbocycles. The van der Waals surface area contributed by atoms with Crippen molar-refractivity contribution < 1.29 is 22.7 Å². The van der Waals surface area contributed by atoms with Crippen LogP contribution in [0.4, 0.5) is 13.2 Å². The smallest absolute Gasteiger partial charge is 0.378 e. The molecule has 3 heterocycles. The van der Waals surface area contributed by atoms with Crippen molar-refractivity contribution in [3.05, 3.63) is 71.2 Å². The maximum absolute atomic E-state index is 13.1. The predicted molar refractivity (Wildman–Crippen MR) is 116 cm³/mol. The second-order valence-electron chi connectivity index (χ2n) is 7.42. The lowest BCUT2D eigenvalue weighted by molar-refractivity contribution is -0.137. The molecule has 1 saturated heterocycles. The van der Waals surface area contributed by atoms with Crippen LogP contribution in [-0.4, -0.2) is 46.5 Å². The summed E-state index contributed by atoms with van der Waals surface area (Å²) in [6.45, 7) is 2.13. The Hall–Kier alpha value is -3.17. The highest BCUT2D eigenvalue weighted by Crippen LogP contribution is 2.34. The Labute approximate surface area is 185 Å². The SMILES string of the molecule is O=C(c1ccccc1-c1cn2c(-c3ccc(C(F)(F)F)cc3)csc2n1)N1CCOCC1. The molecule has 4 aromatic rings. The van der Waals surface area contributed by atoms with Gasteiger partial charge in [-0.3, -0.25) is 9.20 Å². The van der Waals surface area contributed by atoms with E-state index in [9.17, 15) is 18.0 Å². The Morgan fingerprint density at radius 3 is 2.47 bits per heavy atom. The first-order chi connectivity index (χ1) is 15.4. The highest BCUT2D eigenvalue weighted by Gasteiger charge is 2.30. The average molecular weight is 457 g/mol. The molecule has 2 aromatic carbocycles. The van der Waals surface area contributed by atoms with E-state index in [2.05, 4.69) is 4.98 Å². The lowest BCUT2D eigenvalue weighted by Gasteiger charge is -2.27. The van der Waals surface area contributed by atoms with Crippen molar-refractivity contribution in [2.45, 2.75) is 6.18 Å². The van der Waals surface area contributed by atoms with Gasteiger partial charge in [0.25, 0.3) is 5.91 Å². The van der Waals surface area contributed by atoms with E-state index in [1.807, 2.05) is 34.2 Å². The van der Waals surface area contributed by atoms with E-state index in [4.69, 9.17) is 4.74 Å². The lowest BCUT2D eigenvalue weighted by atomic mass is 10.0. The minimum Gasteiger partial charge on any atom is -0.378 e. The number of amides is 1.